The molecule has 4 bridgehead atoms. The van der Waals surface area contributed by atoms with Crippen LogP contribution in [0.2, 0.25) is 0 Å². The van der Waals surface area contributed by atoms with E-state index in [9.17, 15) is 4.79 Å². The molecule has 5 N–H and O–H groups in total. The molecule has 142 valence electrons. The van der Waals surface area contributed by atoms with E-state index < -0.39 is 0 Å². The average Bonchev–Trinajstić information content (AvgIpc) is 3.05. The second kappa shape index (κ2) is 5.71. The Labute approximate surface area is 157 Å². The molecule has 0 amide bonds. The first-order valence-electron chi connectivity index (χ1n) is 9.71. The third-order valence-electron chi connectivity index (χ3n) is 6.76. The van der Waals surface area contributed by atoms with Gasteiger partial charge in [-0.25, -0.2) is 4.98 Å². The van der Waals surface area contributed by atoms with Gasteiger partial charge in [0.15, 0.2) is 0 Å². The van der Waals surface area contributed by atoms with Gasteiger partial charge in [0.05, 0.1) is 11.3 Å². The van der Waals surface area contributed by atoms with Crippen molar-refractivity contribution in [2.75, 3.05) is 5.32 Å². The van der Waals surface area contributed by atoms with Gasteiger partial charge in [0.2, 0.25) is 0 Å². The fourth-order valence-corrected chi connectivity index (χ4v) is 6.15. The van der Waals surface area contributed by atoms with Crippen LogP contribution in [0.4, 0.5) is 5.69 Å². The summed E-state index contributed by atoms with van der Waals surface area (Å²) in [7, 11) is 0. The number of nitrogen functional groups attached to an aromatic ring is 1. The molecule has 4 aliphatic rings. The van der Waals surface area contributed by atoms with Gasteiger partial charge < -0.3 is 20.8 Å². The van der Waals surface area contributed by atoms with E-state index in [-0.39, 0.29) is 17.4 Å². The van der Waals surface area contributed by atoms with Crippen LogP contribution in [-0.4, -0.2) is 33.4 Å². The summed E-state index contributed by atoms with van der Waals surface area (Å²) >= 11 is 0. The number of H-pyrrole nitrogens is 1. The van der Waals surface area contributed by atoms with Crippen LogP contribution in [0.15, 0.2) is 18.5 Å². The Morgan fingerprint density at radius 3 is 2.78 bits per heavy atom. The van der Waals surface area contributed by atoms with Crippen LogP contribution in [0, 0.1) is 23.2 Å². The molecule has 4 aliphatic carbocycles. The number of aromatic nitrogens is 2. The lowest BCUT2D eigenvalue weighted by Gasteiger charge is -2.59. The second-order valence-electron chi connectivity index (χ2n) is 8.62. The first kappa shape index (κ1) is 16.6. The number of anilines is 1. The second-order valence-corrected chi connectivity index (χ2v) is 8.62. The van der Waals surface area contributed by atoms with E-state index in [1.807, 2.05) is 12.3 Å². The first-order chi connectivity index (χ1) is 12.9. The van der Waals surface area contributed by atoms with Crippen molar-refractivity contribution < 1.29 is 9.53 Å². The SMILES string of the molecule is CC(=O)OC12CC3CC(C1)C(Nc1c(C(=N)N)cnc4[nH]ccc14)C(C3)C2. The van der Waals surface area contributed by atoms with Crippen molar-refractivity contribution in [3.05, 3.63) is 24.0 Å². The molecular weight excluding hydrogens is 342 g/mol. The normalized spacial score (nSPS) is 34.0. The highest BCUT2D eigenvalue weighted by Crippen LogP contribution is 2.58. The molecular formula is C20H25N5O2. The van der Waals surface area contributed by atoms with Crippen molar-refractivity contribution in [1.29, 1.82) is 5.41 Å². The zero-order valence-electron chi connectivity index (χ0n) is 15.4. The number of rotatable bonds is 4. The summed E-state index contributed by atoms with van der Waals surface area (Å²) in [6, 6.07) is 2.29. The summed E-state index contributed by atoms with van der Waals surface area (Å²) in [5.74, 6) is 1.45. The number of hydrogen-bond donors (Lipinski definition) is 4. The molecule has 4 fully saturated rings. The molecule has 2 unspecified atom stereocenters. The van der Waals surface area contributed by atoms with E-state index in [1.165, 1.54) is 19.8 Å². The first-order valence-corrected chi connectivity index (χ1v) is 9.71. The molecule has 0 aliphatic heterocycles. The van der Waals surface area contributed by atoms with E-state index in [0.717, 1.165) is 36.0 Å². The van der Waals surface area contributed by atoms with Gasteiger partial charge in [0, 0.05) is 30.7 Å². The summed E-state index contributed by atoms with van der Waals surface area (Å²) in [5.41, 5.74) is 7.91. The van der Waals surface area contributed by atoms with Crippen molar-refractivity contribution in [2.24, 2.45) is 23.5 Å². The van der Waals surface area contributed by atoms with Gasteiger partial charge in [-0.2, -0.15) is 0 Å². The predicted octanol–water partition coefficient (Wildman–Crippen LogP) is 2.77. The largest absolute Gasteiger partial charge is 0.459 e. The van der Waals surface area contributed by atoms with Gasteiger partial charge in [-0.15, -0.1) is 0 Å². The molecule has 2 atom stereocenters. The topological polar surface area (TPSA) is 117 Å². The zero-order chi connectivity index (χ0) is 18.8. The summed E-state index contributed by atoms with van der Waals surface area (Å²) in [6.45, 7) is 1.52. The molecule has 0 aromatic carbocycles. The maximum Gasteiger partial charge on any atom is 0.303 e. The number of esters is 1. The standard InChI is InChI=1S/C20H25N5O2/c1-10(26)27-20-6-11-4-12(7-20)16(13(5-11)8-20)25-17-14-2-3-23-19(14)24-9-15(17)18(21)22/h2-3,9,11-13,16H,4-8H2,1H3,(H3,21,22)(H2,23,24,25). The lowest BCUT2D eigenvalue weighted by atomic mass is 9.52. The summed E-state index contributed by atoms with van der Waals surface area (Å²) in [6.07, 6.45) is 8.74. The molecule has 6 rings (SSSR count). The average molecular weight is 367 g/mol. The van der Waals surface area contributed by atoms with Crippen molar-refractivity contribution >= 4 is 28.5 Å². The number of nitrogens with zero attached hydrogens (tertiary/aromatic N) is 1. The van der Waals surface area contributed by atoms with Gasteiger partial charge in [-0.05, 0) is 55.9 Å². The van der Waals surface area contributed by atoms with Crippen molar-refractivity contribution in [3.63, 3.8) is 0 Å². The van der Waals surface area contributed by atoms with E-state index in [4.69, 9.17) is 15.9 Å². The number of nitrogens with two attached hydrogens (primary N) is 1. The number of ether oxygens (including phenoxy) is 1. The number of aromatic amines is 1. The van der Waals surface area contributed by atoms with Gasteiger partial charge in [-0.3, -0.25) is 10.2 Å². The minimum absolute atomic E-state index is 0.0216. The molecule has 2 aromatic heterocycles. The number of hydrogen-bond acceptors (Lipinski definition) is 5. The number of fused-ring (bicyclic) bond motifs is 1. The van der Waals surface area contributed by atoms with E-state index in [2.05, 4.69) is 15.3 Å². The van der Waals surface area contributed by atoms with Crippen LogP contribution in [0.1, 0.15) is 44.6 Å². The van der Waals surface area contributed by atoms with Crippen LogP contribution in [0.3, 0.4) is 0 Å². The highest BCUT2D eigenvalue weighted by atomic mass is 16.6. The number of pyridine rings is 1. The molecule has 2 heterocycles. The molecule has 4 saturated carbocycles. The Kier molecular flexibility index (Phi) is 3.51. The van der Waals surface area contributed by atoms with Crippen LogP contribution < -0.4 is 11.1 Å². The molecule has 7 heteroatoms. The Bertz CT molecular complexity index is 920. The fourth-order valence-electron chi connectivity index (χ4n) is 6.15. The van der Waals surface area contributed by atoms with Crippen LogP contribution >= 0.6 is 0 Å². The van der Waals surface area contributed by atoms with Crippen molar-refractivity contribution in [3.8, 4) is 0 Å². The van der Waals surface area contributed by atoms with Gasteiger partial charge >= 0.3 is 5.97 Å². The van der Waals surface area contributed by atoms with Gasteiger partial charge in [0.1, 0.15) is 17.1 Å². The lowest BCUT2D eigenvalue weighted by Crippen LogP contribution is -2.60. The summed E-state index contributed by atoms with van der Waals surface area (Å²) in [4.78, 5) is 19.2. The Balaban J connectivity index is 1.49. The molecule has 0 spiro atoms. The molecule has 0 saturated heterocycles. The van der Waals surface area contributed by atoms with E-state index >= 15 is 0 Å². The molecule has 7 nitrogen and oxygen atoms in total. The number of nitrogens with one attached hydrogen (secondary N) is 3. The van der Waals surface area contributed by atoms with Crippen molar-refractivity contribution in [2.45, 2.75) is 50.7 Å². The minimum atomic E-state index is -0.258. The van der Waals surface area contributed by atoms with Crippen molar-refractivity contribution in [1.82, 2.24) is 9.97 Å². The summed E-state index contributed by atoms with van der Waals surface area (Å²) in [5, 5.41) is 12.7. The van der Waals surface area contributed by atoms with Crippen LogP contribution in [-0.2, 0) is 9.53 Å². The summed E-state index contributed by atoms with van der Waals surface area (Å²) < 4.78 is 5.83. The third kappa shape index (κ3) is 2.59. The maximum atomic E-state index is 11.7. The van der Waals surface area contributed by atoms with Crippen LogP contribution in [0.5, 0.6) is 0 Å². The van der Waals surface area contributed by atoms with Crippen LogP contribution in [0.25, 0.3) is 11.0 Å². The highest BCUT2D eigenvalue weighted by molar-refractivity contribution is 6.07. The lowest BCUT2D eigenvalue weighted by molar-refractivity contribution is -0.185. The van der Waals surface area contributed by atoms with E-state index in [1.54, 1.807) is 6.20 Å². The zero-order valence-corrected chi connectivity index (χ0v) is 15.4. The maximum absolute atomic E-state index is 11.7. The predicted molar refractivity (Wildman–Crippen MR) is 103 cm³/mol. The Morgan fingerprint density at radius 2 is 2.11 bits per heavy atom. The van der Waals surface area contributed by atoms with Gasteiger partial charge in [0.25, 0.3) is 0 Å². The smallest absolute Gasteiger partial charge is 0.303 e. The minimum Gasteiger partial charge on any atom is -0.459 e. The number of carbonyl (C=O) groups is 1. The molecule has 27 heavy (non-hydrogen) atoms. The monoisotopic (exact) mass is 367 g/mol. The Hall–Kier alpha value is -2.57. The fraction of sp³-hybridized carbons (Fsp3) is 0.550. The highest BCUT2D eigenvalue weighted by Gasteiger charge is 2.57. The molecule has 2 aromatic rings. The quantitative estimate of drug-likeness (QED) is 0.377. The Morgan fingerprint density at radius 1 is 1.37 bits per heavy atom. The van der Waals surface area contributed by atoms with Gasteiger partial charge in [-0.1, -0.05) is 0 Å². The number of amidine groups is 1. The van der Waals surface area contributed by atoms with E-state index in [0.29, 0.717) is 29.4 Å². The number of carbonyl (C=O) groups excluding carboxylic acids is 1. The molecule has 0 radical (unpaired) electrons. The third-order valence-corrected chi connectivity index (χ3v) is 6.76.